The molecule has 0 aliphatic carbocycles. The van der Waals surface area contributed by atoms with Crippen molar-refractivity contribution in [3.05, 3.63) is 23.8 Å². The topological polar surface area (TPSA) is 78.3 Å². The number of hydrogen-bond acceptors (Lipinski definition) is 3. The molecule has 4 nitrogen and oxygen atoms in total. The van der Waals surface area contributed by atoms with Crippen LogP contribution in [0.25, 0.3) is 0 Å². The van der Waals surface area contributed by atoms with Gasteiger partial charge in [0.25, 0.3) is 5.91 Å². The minimum atomic E-state index is -4.30. The number of carbonyl (C=O) groups excluding carboxylic acids is 1. The van der Waals surface area contributed by atoms with Gasteiger partial charge in [-0.05, 0) is 12.1 Å². The van der Waals surface area contributed by atoms with Gasteiger partial charge < -0.3 is 16.2 Å². The molecule has 0 spiro atoms. The molecule has 8 heteroatoms. The van der Waals surface area contributed by atoms with Crippen LogP contribution >= 0.6 is 0 Å². The van der Waals surface area contributed by atoms with Crippen LogP contribution in [0, 0.1) is 0 Å². The third-order valence-electron chi connectivity index (χ3n) is 2.07. The molecule has 0 aliphatic rings. The summed E-state index contributed by atoms with van der Waals surface area (Å²) in [6.07, 6.45) is -3.85. The molecule has 0 saturated heterocycles. The molecular weight excluding hydrogens is 256 g/mol. The molecule has 0 fully saturated rings. The van der Waals surface area contributed by atoms with Gasteiger partial charge >= 0.3 is 12.3 Å². The Hall–Kier alpha value is -1.99. The molecule has 1 rings (SSSR count). The van der Waals surface area contributed by atoms with E-state index in [1.54, 1.807) is 0 Å². The summed E-state index contributed by atoms with van der Waals surface area (Å²) < 4.78 is 53.5. The average Bonchev–Trinajstić information content (AvgIpc) is 2.27. The van der Waals surface area contributed by atoms with Gasteiger partial charge in [0.2, 0.25) is 0 Å². The largest absolute Gasteiger partial charge is 0.485 e. The maximum Gasteiger partial charge on any atom is 0.340 e. The number of alkyl halides is 4. The number of halogens is 4. The van der Waals surface area contributed by atoms with Crippen LogP contribution in [0.5, 0.6) is 5.75 Å². The first-order valence-electron chi connectivity index (χ1n) is 4.72. The highest BCUT2D eigenvalue weighted by molar-refractivity contribution is 5.99. The third-order valence-corrected chi connectivity index (χ3v) is 2.07. The predicted molar refractivity (Wildman–Crippen MR) is 55.8 cm³/mol. The lowest BCUT2D eigenvalue weighted by Crippen LogP contribution is -2.34. The van der Waals surface area contributed by atoms with Crippen molar-refractivity contribution in [1.82, 2.24) is 0 Å². The summed E-state index contributed by atoms with van der Waals surface area (Å²) in [5.74, 6) is -5.47. The van der Waals surface area contributed by atoms with Gasteiger partial charge in [-0.25, -0.2) is 8.78 Å². The second-order valence-corrected chi connectivity index (χ2v) is 3.43. The fourth-order valence-corrected chi connectivity index (χ4v) is 1.12. The first kappa shape index (κ1) is 14.1. The summed E-state index contributed by atoms with van der Waals surface area (Å²) in [6.45, 7) is -1.54. The van der Waals surface area contributed by atoms with E-state index in [9.17, 15) is 22.4 Å². The van der Waals surface area contributed by atoms with E-state index in [4.69, 9.17) is 11.5 Å². The van der Waals surface area contributed by atoms with Crippen molar-refractivity contribution in [2.75, 3.05) is 12.3 Å². The lowest BCUT2D eigenvalue weighted by Gasteiger charge is -2.17. The molecule has 1 amide bonds. The number of anilines is 1. The lowest BCUT2D eigenvalue weighted by atomic mass is 10.1. The van der Waals surface area contributed by atoms with Gasteiger partial charge in [-0.2, -0.15) is 8.78 Å². The van der Waals surface area contributed by atoms with Crippen LogP contribution in [0.2, 0.25) is 0 Å². The first-order valence-corrected chi connectivity index (χ1v) is 4.72. The molecule has 0 radical (unpaired) electrons. The number of amides is 1. The molecule has 0 aliphatic heterocycles. The Kier molecular flexibility index (Phi) is 4.00. The van der Waals surface area contributed by atoms with Crippen LogP contribution in [0.4, 0.5) is 23.2 Å². The van der Waals surface area contributed by atoms with E-state index in [0.29, 0.717) is 0 Å². The van der Waals surface area contributed by atoms with E-state index in [1.165, 1.54) is 18.2 Å². The van der Waals surface area contributed by atoms with Gasteiger partial charge in [0.1, 0.15) is 5.75 Å². The normalized spacial score (nSPS) is 11.6. The van der Waals surface area contributed by atoms with Crippen LogP contribution < -0.4 is 16.2 Å². The number of nitrogen functional groups attached to an aromatic ring is 1. The zero-order valence-corrected chi connectivity index (χ0v) is 9.00. The predicted octanol–water partition coefficient (Wildman–Crippen LogP) is 1.65. The molecule has 1 aromatic carbocycles. The number of para-hydroxylation sites is 1. The maximum atomic E-state index is 12.6. The van der Waals surface area contributed by atoms with Gasteiger partial charge in [0.05, 0.1) is 11.3 Å². The highest BCUT2D eigenvalue weighted by Gasteiger charge is 2.41. The summed E-state index contributed by atoms with van der Waals surface area (Å²) in [5, 5.41) is 0. The zero-order valence-electron chi connectivity index (χ0n) is 9.00. The summed E-state index contributed by atoms with van der Waals surface area (Å²) in [6, 6.07) is 3.71. The van der Waals surface area contributed by atoms with Crippen molar-refractivity contribution >= 4 is 11.6 Å². The van der Waals surface area contributed by atoms with Crippen molar-refractivity contribution in [3.8, 4) is 5.75 Å². The van der Waals surface area contributed by atoms with Crippen molar-refractivity contribution in [2.24, 2.45) is 5.73 Å². The van der Waals surface area contributed by atoms with E-state index in [-0.39, 0.29) is 17.0 Å². The third kappa shape index (κ3) is 3.02. The summed E-state index contributed by atoms with van der Waals surface area (Å²) in [7, 11) is 0. The zero-order chi connectivity index (χ0) is 13.9. The van der Waals surface area contributed by atoms with E-state index in [2.05, 4.69) is 4.74 Å². The SMILES string of the molecule is NC(=O)c1cccc(OCC(F)(F)C(F)F)c1N. The maximum absolute atomic E-state index is 12.6. The number of nitrogens with two attached hydrogens (primary N) is 2. The molecule has 0 heterocycles. The van der Waals surface area contributed by atoms with Crippen LogP contribution in [0.3, 0.4) is 0 Å². The number of hydrogen-bond donors (Lipinski definition) is 2. The van der Waals surface area contributed by atoms with Gasteiger partial charge in [0.15, 0.2) is 6.61 Å². The Labute approximate surface area is 99.5 Å². The highest BCUT2D eigenvalue weighted by Crippen LogP contribution is 2.28. The van der Waals surface area contributed by atoms with Crippen molar-refractivity contribution in [1.29, 1.82) is 0 Å². The Balaban J connectivity index is 2.87. The van der Waals surface area contributed by atoms with E-state index >= 15 is 0 Å². The summed E-state index contributed by atoms with van der Waals surface area (Å²) in [4.78, 5) is 10.9. The minimum Gasteiger partial charge on any atom is -0.485 e. The summed E-state index contributed by atoms with van der Waals surface area (Å²) >= 11 is 0. The molecule has 0 bridgehead atoms. The standard InChI is InChI=1S/C10H10F4N2O2/c11-9(12)10(13,14)4-18-6-3-1-2-5(7(6)15)8(16)17/h1-3,9H,4,15H2,(H2,16,17). The average molecular weight is 266 g/mol. The molecule has 1 aromatic rings. The molecule has 0 atom stereocenters. The molecule has 4 N–H and O–H groups in total. The van der Waals surface area contributed by atoms with Crippen LogP contribution in [-0.4, -0.2) is 24.9 Å². The Morgan fingerprint density at radius 1 is 1.39 bits per heavy atom. The van der Waals surface area contributed by atoms with Gasteiger partial charge in [0, 0.05) is 0 Å². The second-order valence-electron chi connectivity index (χ2n) is 3.43. The van der Waals surface area contributed by atoms with Crippen molar-refractivity contribution < 1.29 is 27.1 Å². The molecule has 100 valence electrons. The molecule has 0 saturated carbocycles. The van der Waals surface area contributed by atoms with E-state index in [1.807, 2.05) is 0 Å². The fourth-order valence-electron chi connectivity index (χ4n) is 1.12. The Morgan fingerprint density at radius 3 is 2.50 bits per heavy atom. The minimum absolute atomic E-state index is 0.132. The van der Waals surface area contributed by atoms with Crippen LogP contribution in [0.15, 0.2) is 18.2 Å². The first-order chi connectivity index (χ1) is 8.25. The van der Waals surface area contributed by atoms with Gasteiger partial charge in [-0.3, -0.25) is 4.79 Å². The lowest BCUT2D eigenvalue weighted by molar-refractivity contribution is -0.148. The second kappa shape index (κ2) is 5.11. The highest BCUT2D eigenvalue weighted by atomic mass is 19.3. The number of rotatable bonds is 5. The quantitative estimate of drug-likeness (QED) is 0.628. The van der Waals surface area contributed by atoms with E-state index < -0.39 is 24.9 Å². The van der Waals surface area contributed by atoms with Crippen LogP contribution in [-0.2, 0) is 0 Å². The van der Waals surface area contributed by atoms with E-state index in [0.717, 1.165) is 0 Å². The van der Waals surface area contributed by atoms with Gasteiger partial charge in [-0.1, -0.05) is 6.07 Å². The molecule has 0 aromatic heterocycles. The number of ether oxygens (including phenoxy) is 1. The Bertz CT molecular complexity index is 452. The summed E-state index contributed by atoms with van der Waals surface area (Å²) in [5.41, 5.74) is 10.0. The Morgan fingerprint density at radius 2 is 2.00 bits per heavy atom. The molecular formula is C10H10F4N2O2. The number of benzene rings is 1. The van der Waals surface area contributed by atoms with Crippen LogP contribution in [0.1, 0.15) is 10.4 Å². The van der Waals surface area contributed by atoms with Crippen molar-refractivity contribution in [2.45, 2.75) is 12.3 Å². The van der Waals surface area contributed by atoms with Crippen molar-refractivity contribution in [3.63, 3.8) is 0 Å². The number of carbonyl (C=O) groups is 1. The smallest absolute Gasteiger partial charge is 0.340 e. The molecule has 0 unspecified atom stereocenters. The monoisotopic (exact) mass is 266 g/mol. The molecule has 18 heavy (non-hydrogen) atoms. The fraction of sp³-hybridized carbons (Fsp3) is 0.300. The number of primary amides is 1. The van der Waals surface area contributed by atoms with Gasteiger partial charge in [-0.15, -0.1) is 0 Å².